The van der Waals surface area contributed by atoms with Crippen molar-refractivity contribution in [3.63, 3.8) is 0 Å². The average Bonchev–Trinajstić information content (AvgIpc) is 2.79. The Balaban J connectivity index is 2.28. The summed E-state index contributed by atoms with van der Waals surface area (Å²) in [5, 5.41) is 10.6. The first-order valence-electron chi connectivity index (χ1n) is 6.70. The van der Waals surface area contributed by atoms with Gasteiger partial charge in [-0.05, 0) is 31.4 Å². The second-order valence-corrected chi connectivity index (χ2v) is 7.97. The van der Waals surface area contributed by atoms with E-state index in [1.807, 2.05) is 0 Å². The summed E-state index contributed by atoms with van der Waals surface area (Å²) in [6.07, 6.45) is 3.17. The largest absolute Gasteiger partial charge is 0.389 e. The minimum atomic E-state index is -3.68. The first-order valence-corrected chi connectivity index (χ1v) is 8.52. The van der Waals surface area contributed by atoms with E-state index in [2.05, 4.69) is 0 Å². The fraction of sp³-hybridized carbons (Fsp3) is 0.571. The van der Waals surface area contributed by atoms with Gasteiger partial charge in [-0.15, -0.1) is 0 Å². The quantitative estimate of drug-likeness (QED) is 0.928. The van der Waals surface area contributed by atoms with Gasteiger partial charge >= 0.3 is 0 Å². The third-order valence-electron chi connectivity index (χ3n) is 3.90. The third kappa shape index (κ3) is 3.01. The SMILES string of the molecule is Cc1cccc(S(=O)(=O)N(C)CC2(O)CCCC2)c1Cl. The maximum Gasteiger partial charge on any atom is 0.244 e. The molecule has 112 valence electrons. The number of halogens is 1. The molecular formula is C14H20ClNO3S. The van der Waals surface area contributed by atoms with Gasteiger partial charge in [0.25, 0.3) is 0 Å². The van der Waals surface area contributed by atoms with E-state index in [1.54, 1.807) is 19.1 Å². The van der Waals surface area contributed by atoms with E-state index in [-0.39, 0.29) is 16.5 Å². The van der Waals surface area contributed by atoms with Crippen molar-refractivity contribution in [1.82, 2.24) is 4.31 Å². The van der Waals surface area contributed by atoms with Gasteiger partial charge in [-0.2, -0.15) is 4.31 Å². The van der Waals surface area contributed by atoms with E-state index < -0.39 is 15.6 Å². The molecule has 1 saturated carbocycles. The first-order chi connectivity index (χ1) is 9.26. The lowest BCUT2D eigenvalue weighted by Gasteiger charge is -2.28. The fourth-order valence-electron chi connectivity index (χ4n) is 2.68. The Morgan fingerprint density at radius 1 is 1.35 bits per heavy atom. The predicted molar refractivity (Wildman–Crippen MR) is 79.4 cm³/mol. The molecular weight excluding hydrogens is 298 g/mol. The van der Waals surface area contributed by atoms with Crippen LogP contribution in [0.2, 0.25) is 5.02 Å². The molecule has 4 nitrogen and oxygen atoms in total. The van der Waals surface area contributed by atoms with Crippen molar-refractivity contribution in [1.29, 1.82) is 0 Å². The number of rotatable bonds is 4. The topological polar surface area (TPSA) is 57.6 Å². The van der Waals surface area contributed by atoms with Crippen LogP contribution in [0.4, 0.5) is 0 Å². The molecule has 0 heterocycles. The van der Waals surface area contributed by atoms with Gasteiger partial charge in [0.05, 0.1) is 10.6 Å². The molecule has 20 heavy (non-hydrogen) atoms. The van der Waals surface area contributed by atoms with E-state index in [4.69, 9.17) is 11.6 Å². The summed E-state index contributed by atoms with van der Waals surface area (Å²) < 4.78 is 26.3. The van der Waals surface area contributed by atoms with Crippen LogP contribution in [0.25, 0.3) is 0 Å². The molecule has 0 spiro atoms. The maximum atomic E-state index is 12.6. The Morgan fingerprint density at radius 3 is 2.55 bits per heavy atom. The molecule has 0 amide bonds. The Bertz CT molecular complexity index is 594. The highest BCUT2D eigenvalue weighted by Gasteiger charge is 2.36. The van der Waals surface area contributed by atoms with Gasteiger partial charge in [-0.25, -0.2) is 8.42 Å². The molecule has 1 aromatic rings. The van der Waals surface area contributed by atoms with Crippen LogP contribution < -0.4 is 0 Å². The fourth-order valence-corrected chi connectivity index (χ4v) is 4.48. The van der Waals surface area contributed by atoms with E-state index in [9.17, 15) is 13.5 Å². The normalized spacial score (nSPS) is 18.6. The number of nitrogens with zero attached hydrogens (tertiary/aromatic N) is 1. The van der Waals surface area contributed by atoms with Gasteiger partial charge < -0.3 is 5.11 Å². The van der Waals surface area contributed by atoms with Crippen LogP contribution in [0.5, 0.6) is 0 Å². The van der Waals surface area contributed by atoms with Crippen molar-refractivity contribution in [2.24, 2.45) is 0 Å². The van der Waals surface area contributed by atoms with Crippen LogP contribution in [0.3, 0.4) is 0 Å². The van der Waals surface area contributed by atoms with Crippen LogP contribution in [0, 0.1) is 6.92 Å². The zero-order chi connectivity index (χ0) is 15.0. The summed E-state index contributed by atoms with van der Waals surface area (Å²) in [7, 11) is -2.19. The van der Waals surface area contributed by atoms with Crippen LogP contribution in [-0.2, 0) is 10.0 Å². The van der Waals surface area contributed by atoms with Gasteiger partial charge in [-0.3, -0.25) is 0 Å². The Kier molecular flexibility index (Phi) is 4.44. The van der Waals surface area contributed by atoms with Crippen molar-refractivity contribution < 1.29 is 13.5 Å². The van der Waals surface area contributed by atoms with E-state index in [0.717, 1.165) is 18.4 Å². The van der Waals surface area contributed by atoms with Crippen LogP contribution in [-0.4, -0.2) is 37.0 Å². The summed E-state index contributed by atoms with van der Waals surface area (Å²) in [5.41, 5.74) is -0.182. The minimum absolute atomic E-state index is 0.100. The van der Waals surface area contributed by atoms with Gasteiger partial charge in [0.15, 0.2) is 0 Å². The van der Waals surface area contributed by atoms with Crippen LogP contribution in [0.1, 0.15) is 31.2 Å². The zero-order valence-corrected chi connectivity index (χ0v) is 13.3. The molecule has 0 aromatic heterocycles. The lowest BCUT2D eigenvalue weighted by Crippen LogP contribution is -2.42. The highest BCUT2D eigenvalue weighted by atomic mass is 35.5. The number of hydrogen-bond donors (Lipinski definition) is 1. The molecule has 0 bridgehead atoms. The van der Waals surface area contributed by atoms with Crippen LogP contribution >= 0.6 is 11.6 Å². The van der Waals surface area contributed by atoms with Gasteiger partial charge in [0.1, 0.15) is 4.90 Å². The van der Waals surface area contributed by atoms with Crippen molar-refractivity contribution in [2.75, 3.05) is 13.6 Å². The minimum Gasteiger partial charge on any atom is -0.389 e. The number of likely N-dealkylation sites (N-methyl/N-ethyl adjacent to an activating group) is 1. The summed E-state index contributed by atoms with van der Waals surface area (Å²) in [5.74, 6) is 0. The van der Waals surface area contributed by atoms with Crippen molar-refractivity contribution >= 4 is 21.6 Å². The molecule has 2 rings (SSSR count). The molecule has 0 radical (unpaired) electrons. The second-order valence-electron chi connectivity index (χ2n) is 5.58. The molecule has 0 atom stereocenters. The van der Waals surface area contributed by atoms with Gasteiger partial charge in [0.2, 0.25) is 10.0 Å². The average molecular weight is 318 g/mol. The molecule has 1 N–H and O–H groups in total. The van der Waals surface area contributed by atoms with E-state index in [0.29, 0.717) is 12.8 Å². The third-order valence-corrected chi connectivity index (χ3v) is 6.36. The molecule has 1 fully saturated rings. The smallest absolute Gasteiger partial charge is 0.244 e. The highest BCUT2D eigenvalue weighted by Crippen LogP contribution is 2.32. The molecule has 1 aromatic carbocycles. The van der Waals surface area contributed by atoms with Gasteiger partial charge in [0, 0.05) is 13.6 Å². The monoisotopic (exact) mass is 317 g/mol. The Labute approximate surface area is 125 Å². The van der Waals surface area contributed by atoms with Crippen molar-refractivity contribution in [3.05, 3.63) is 28.8 Å². The first kappa shape index (κ1) is 15.8. The number of sulfonamides is 1. The Hall–Kier alpha value is -0.620. The lowest BCUT2D eigenvalue weighted by molar-refractivity contribution is 0.0333. The van der Waals surface area contributed by atoms with Gasteiger partial charge in [-0.1, -0.05) is 36.6 Å². The number of aryl methyl sites for hydroxylation is 1. The van der Waals surface area contributed by atoms with E-state index >= 15 is 0 Å². The molecule has 0 saturated heterocycles. The molecule has 6 heteroatoms. The summed E-state index contributed by atoms with van der Waals surface area (Å²) in [4.78, 5) is 0.100. The lowest BCUT2D eigenvalue weighted by atomic mass is 10.0. The number of hydrogen-bond acceptors (Lipinski definition) is 3. The summed E-state index contributed by atoms with van der Waals surface area (Å²) in [6, 6.07) is 4.94. The molecule has 0 aliphatic heterocycles. The van der Waals surface area contributed by atoms with Crippen LogP contribution in [0.15, 0.2) is 23.1 Å². The highest BCUT2D eigenvalue weighted by molar-refractivity contribution is 7.89. The standard InChI is InChI=1S/C14H20ClNO3S/c1-11-6-5-7-12(13(11)15)20(18,19)16(2)10-14(17)8-3-4-9-14/h5-7,17H,3-4,8-10H2,1-2H3. The molecule has 0 unspecified atom stereocenters. The number of benzene rings is 1. The molecule has 1 aliphatic carbocycles. The zero-order valence-electron chi connectivity index (χ0n) is 11.8. The second kappa shape index (κ2) is 5.64. The maximum absolute atomic E-state index is 12.6. The van der Waals surface area contributed by atoms with Crippen molar-refractivity contribution in [2.45, 2.75) is 43.1 Å². The summed E-state index contributed by atoms with van der Waals surface area (Å²) in [6.45, 7) is 1.88. The predicted octanol–water partition coefficient (Wildman–Crippen LogP) is 2.57. The van der Waals surface area contributed by atoms with Crippen molar-refractivity contribution in [3.8, 4) is 0 Å². The number of aliphatic hydroxyl groups is 1. The summed E-state index contributed by atoms with van der Waals surface area (Å²) >= 11 is 6.10. The Morgan fingerprint density at radius 2 is 1.95 bits per heavy atom. The van der Waals surface area contributed by atoms with E-state index in [1.165, 1.54) is 17.4 Å². The molecule has 1 aliphatic rings.